The molecule has 5 nitrogen and oxygen atoms in total. The van der Waals surface area contributed by atoms with Gasteiger partial charge < -0.3 is 5.32 Å². The first-order chi connectivity index (χ1) is 4.87. The number of hydrogen-bond acceptors (Lipinski definition) is 4. The second-order valence-electron chi connectivity index (χ2n) is 2.57. The molecule has 1 aliphatic rings. The Morgan fingerprint density at radius 1 is 1.55 bits per heavy atom. The van der Waals surface area contributed by atoms with Crippen molar-refractivity contribution >= 4 is 12.4 Å². The smallest absolute Gasteiger partial charge is 0.194 e. The van der Waals surface area contributed by atoms with Gasteiger partial charge in [0.2, 0.25) is 0 Å². The Labute approximate surface area is 70.4 Å². The predicted octanol–water partition coefficient (Wildman–Crippen LogP) is -0.170. The summed E-state index contributed by atoms with van der Waals surface area (Å²) >= 11 is 0. The Kier molecular flexibility index (Phi) is 2.10. The molecule has 62 valence electrons. The Morgan fingerprint density at radius 2 is 2.27 bits per heavy atom. The van der Waals surface area contributed by atoms with Crippen LogP contribution in [0.25, 0.3) is 0 Å². The lowest BCUT2D eigenvalue weighted by molar-refractivity contribution is 0.548. The van der Waals surface area contributed by atoms with Gasteiger partial charge in [0.25, 0.3) is 0 Å². The highest BCUT2D eigenvalue weighted by molar-refractivity contribution is 5.85. The molecule has 2 N–H and O–H groups in total. The van der Waals surface area contributed by atoms with Crippen molar-refractivity contribution in [3.8, 4) is 0 Å². The number of hydrogen-bond donors (Lipinski definition) is 2. The molecule has 1 fully saturated rings. The summed E-state index contributed by atoms with van der Waals surface area (Å²) in [6, 6.07) is 0. The average Bonchev–Trinajstić information content (AvgIpc) is 2.58. The minimum absolute atomic E-state index is 0. The Bertz CT molecular complexity index is 217. The first-order valence-electron chi connectivity index (χ1n) is 3.30. The summed E-state index contributed by atoms with van der Waals surface area (Å²) in [6.07, 6.45) is 2.23. The van der Waals surface area contributed by atoms with Crippen molar-refractivity contribution in [2.24, 2.45) is 0 Å². The molecular weight excluding hydrogens is 166 g/mol. The largest absolute Gasteiger partial charge is 0.308 e. The van der Waals surface area contributed by atoms with Gasteiger partial charge in [-0.05, 0) is 19.9 Å². The number of nitrogens with zero attached hydrogens (tertiary/aromatic N) is 3. The van der Waals surface area contributed by atoms with Crippen molar-refractivity contribution in [2.75, 3.05) is 7.05 Å². The molecule has 0 bridgehead atoms. The molecule has 0 atom stereocenters. The van der Waals surface area contributed by atoms with Crippen LogP contribution in [0.3, 0.4) is 0 Å². The zero-order valence-electron chi connectivity index (χ0n) is 6.16. The first kappa shape index (κ1) is 8.42. The second-order valence-corrected chi connectivity index (χ2v) is 2.57. The number of rotatable bonds is 2. The molecule has 1 heterocycles. The Balaban J connectivity index is 0.000000605. The molecule has 6 heteroatoms. The van der Waals surface area contributed by atoms with E-state index in [0.717, 1.165) is 18.7 Å². The topological polar surface area (TPSA) is 66.5 Å². The quantitative estimate of drug-likeness (QED) is 0.655. The minimum Gasteiger partial charge on any atom is -0.308 e. The zero-order chi connectivity index (χ0) is 7.03. The maximum absolute atomic E-state index is 3.91. The summed E-state index contributed by atoms with van der Waals surface area (Å²) in [4.78, 5) is 0. The molecule has 0 unspecified atom stereocenters. The molecular formula is C5H10ClN5. The maximum Gasteiger partial charge on any atom is 0.194 e. The molecule has 0 amide bonds. The summed E-state index contributed by atoms with van der Waals surface area (Å²) in [5.41, 5.74) is 0.0486. The van der Waals surface area contributed by atoms with Crippen molar-refractivity contribution in [3.63, 3.8) is 0 Å². The fourth-order valence-corrected chi connectivity index (χ4v) is 1.07. The van der Waals surface area contributed by atoms with Gasteiger partial charge in [-0.3, -0.25) is 0 Å². The summed E-state index contributed by atoms with van der Waals surface area (Å²) in [7, 11) is 1.92. The monoisotopic (exact) mass is 175 g/mol. The average molecular weight is 176 g/mol. The van der Waals surface area contributed by atoms with Gasteiger partial charge >= 0.3 is 0 Å². The maximum atomic E-state index is 3.91. The molecule has 0 spiro atoms. The molecule has 1 aliphatic carbocycles. The van der Waals surface area contributed by atoms with Gasteiger partial charge in [-0.1, -0.05) is 5.21 Å². The van der Waals surface area contributed by atoms with E-state index in [9.17, 15) is 0 Å². The van der Waals surface area contributed by atoms with Crippen LogP contribution < -0.4 is 5.32 Å². The highest BCUT2D eigenvalue weighted by Crippen LogP contribution is 2.42. The fourth-order valence-electron chi connectivity index (χ4n) is 1.07. The van der Waals surface area contributed by atoms with Crippen molar-refractivity contribution in [3.05, 3.63) is 5.82 Å². The number of aromatic nitrogens is 4. The third-order valence-electron chi connectivity index (χ3n) is 2.00. The van der Waals surface area contributed by atoms with Crippen LogP contribution in [0, 0.1) is 0 Å². The Morgan fingerprint density at radius 3 is 2.64 bits per heavy atom. The van der Waals surface area contributed by atoms with E-state index in [0.29, 0.717) is 0 Å². The van der Waals surface area contributed by atoms with Crippen LogP contribution in [0.1, 0.15) is 18.7 Å². The minimum atomic E-state index is 0. The lowest BCUT2D eigenvalue weighted by Gasteiger charge is -2.06. The van der Waals surface area contributed by atoms with E-state index in [2.05, 4.69) is 25.9 Å². The number of aromatic amines is 1. The van der Waals surface area contributed by atoms with Crippen molar-refractivity contribution in [1.82, 2.24) is 25.9 Å². The summed E-state index contributed by atoms with van der Waals surface area (Å²) < 4.78 is 0. The zero-order valence-corrected chi connectivity index (χ0v) is 6.98. The first-order valence-corrected chi connectivity index (χ1v) is 3.30. The van der Waals surface area contributed by atoms with Gasteiger partial charge in [0.1, 0.15) is 0 Å². The molecule has 1 saturated carbocycles. The Hall–Kier alpha value is -0.680. The van der Waals surface area contributed by atoms with E-state index in [1.54, 1.807) is 0 Å². The van der Waals surface area contributed by atoms with Gasteiger partial charge in [-0.15, -0.1) is 22.6 Å². The molecule has 11 heavy (non-hydrogen) atoms. The predicted molar refractivity (Wildman–Crippen MR) is 41.4 cm³/mol. The number of tetrazole rings is 1. The lowest BCUT2D eigenvalue weighted by Crippen LogP contribution is -2.25. The lowest BCUT2D eigenvalue weighted by atomic mass is 10.3. The van der Waals surface area contributed by atoms with E-state index in [1.165, 1.54) is 0 Å². The molecule has 2 rings (SSSR count). The van der Waals surface area contributed by atoms with Crippen LogP contribution in [0.2, 0.25) is 0 Å². The highest BCUT2D eigenvalue weighted by Gasteiger charge is 2.46. The summed E-state index contributed by atoms with van der Waals surface area (Å²) in [5, 5.41) is 16.9. The molecule has 0 aromatic carbocycles. The van der Waals surface area contributed by atoms with Crippen LogP contribution >= 0.6 is 12.4 Å². The van der Waals surface area contributed by atoms with Gasteiger partial charge in [0, 0.05) is 0 Å². The van der Waals surface area contributed by atoms with Crippen LogP contribution in [0.4, 0.5) is 0 Å². The van der Waals surface area contributed by atoms with E-state index in [4.69, 9.17) is 0 Å². The molecule has 0 saturated heterocycles. The summed E-state index contributed by atoms with van der Waals surface area (Å²) in [6.45, 7) is 0. The van der Waals surface area contributed by atoms with Gasteiger partial charge in [0.05, 0.1) is 5.54 Å². The van der Waals surface area contributed by atoms with Crippen LogP contribution in [0.5, 0.6) is 0 Å². The number of nitrogens with one attached hydrogen (secondary N) is 2. The SMILES string of the molecule is CNC1(c2nn[nH]n2)CC1.Cl. The highest BCUT2D eigenvalue weighted by atomic mass is 35.5. The third-order valence-corrected chi connectivity index (χ3v) is 2.00. The standard InChI is InChI=1S/C5H9N5.ClH/c1-6-5(2-3-5)4-7-9-10-8-4;/h6H,2-3H2,1H3,(H,7,8,9,10);1H. The normalized spacial score (nSPS) is 19.0. The summed E-state index contributed by atoms with van der Waals surface area (Å²) in [5.74, 6) is 0.787. The van der Waals surface area contributed by atoms with Crippen LogP contribution in [0.15, 0.2) is 0 Å². The van der Waals surface area contributed by atoms with E-state index < -0.39 is 0 Å². The van der Waals surface area contributed by atoms with E-state index in [1.807, 2.05) is 7.05 Å². The van der Waals surface area contributed by atoms with Crippen molar-refractivity contribution < 1.29 is 0 Å². The molecule has 1 aromatic rings. The number of halogens is 1. The van der Waals surface area contributed by atoms with Gasteiger partial charge in [-0.2, -0.15) is 5.21 Å². The van der Waals surface area contributed by atoms with Crippen molar-refractivity contribution in [1.29, 1.82) is 0 Å². The van der Waals surface area contributed by atoms with Crippen molar-refractivity contribution in [2.45, 2.75) is 18.4 Å². The van der Waals surface area contributed by atoms with Crippen LogP contribution in [-0.4, -0.2) is 27.7 Å². The van der Waals surface area contributed by atoms with Gasteiger partial charge in [-0.25, -0.2) is 0 Å². The third kappa shape index (κ3) is 1.21. The molecule has 0 radical (unpaired) electrons. The fraction of sp³-hybridized carbons (Fsp3) is 0.800. The van der Waals surface area contributed by atoms with Crippen LogP contribution in [-0.2, 0) is 5.54 Å². The number of H-pyrrole nitrogens is 1. The molecule has 1 aromatic heterocycles. The molecule has 0 aliphatic heterocycles. The van der Waals surface area contributed by atoms with E-state index in [-0.39, 0.29) is 17.9 Å². The second kappa shape index (κ2) is 2.75. The van der Waals surface area contributed by atoms with Gasteiger partial charge in [0.15, 0.2) is 5.82 Å². The van der Waals surface area contributed by atoms with E-state index >= 15 is 0 Å².